The van der Waals surface area contributed by atoms with Gasteiger partial charge in [-0.25, -0.2) is 4.79 Å². The largest absolute Gasteiger partial charge is 0.493 e. The minimum absolute atomic E-state index is 0.0696. The molecular formula is C27H34N4O3. The topological polar surface area (TPSA) is 78.6 Å². The van der Waals surface area contributed by atoms with Crippen LogP contribution in [0.15, 0.2) is 42.5 Å². The molecule has 2 aromatic carbocycles. The molecule has 3 N–H and O–H groups in total. The van der Waals surface area contributed by atoms with E-state index in [1.165, 1.54) is 5.56 Å². The van der Waals surface area contributed by atoms with Crippen LogP contribution >= 0.6 is 0 Å². The van der Waals surface area contributed by atoms with E-state index < -0.39 is 0 Å². The van der Waals surface area contributed by atoms with E-state index in [-0.39, 0.29) is 17.5 Å². The second kappa shape index (κ2) is 8.87. The Bertz CT molecular complexity index is 1210. The number of hydrogen-bond acceptors (Lipinski definition) is 4. The number of fused-ring (bicyclic) bond motifs is 2. The molecule has 2 aliphatic rings. The molecule has 1 aliphatic carbocycles. The van der Waals surface area contributed by atoms with Gasteiger partial charge in [0.1, 0.15) is 0 Å². The molecule has 0 unspecified atom stereocenters. The van der Waals surface area contributed by atoms with Crippen LogP contribution in [0.1, 0.15) is 36.9 Å². The van der Waals surface area contributed by atoms with E-state index in [2.05, 4.69) is 45.8 Å². The Morgan fingerprint density at radius 3 is 2.71 bits per heavy atom. The fraction of sp³-hybridized carbons (Fsp3) is 0.444. The molecule has 0 spiro atoms. The maximum atomic E-state index is 12.8. The fourth-order valence-electron chi connectivity index (χ4n) is 6.10. The zero-order chi connectivity index (χ0) is 23.9. The monoisotopic (exact) mass is 462 g/mol. The van der Waals surface area contributed by atoms with E-state index in [0.717, 1.165) is 66.0 Å². The first-order chi connectivity index (χ1) is 16.4. The number of carbonyl (C=O) groups excluding carboxylic acids is 1. The first kappa shape index (κ1) is 22.6. The summed E-state index contributed by atoms with van der Waals surface area (Å²) in [5, 5.41) is 7.35. The summed E-state index contributed by atoms with van der Waals surface area (Å²) in [7, 11) is 5.55. The number of carbonyl (C=O) groups is 1. The highest BCUT2D eigenvalue weighted by Crippen LogP contribution is 2.49. The Hall–Kier alpha value is -3.19. The van der Waals surface area contributed by atoms with Crippen molar-refractivity contribution in [3.63, 3.8) is 0 Å². The molecule has 1 aliphatic heterocycles. The van der Waals surface area contributed by atoms with Crippen LogP contribution in [-0.2, 0) is 5.41 Å². The van der Waals surface area contributed by atoms with Gasteiger partial charge in [0, 0.05) is 39.8 Å². The van der Waals surface area contributed by atoms with Crippen LogP contribution in [-0.4, -0.2) is 55.8 Å². The van der Waals surface area contributed by atoms with Gasteiger partial charge in [-0.3, -0.25) is 0 Å². The number of nitrogens with one attached hydrogen (secondary N) is 3. The summed E-state index contributed by atoms with van der Waals surface area (Å²) in [4.78, 5) is 18.6. The summed E-state index contributed by atoms with van der Waals surface area (Å²) in [6.45, 7) is 3.08. The number of aromatic amines is 1. The molecule has 34 heavy (non-hydrogen) atoms. The van der Waals surface area contributed by atoms with Crippen molar-refractivity contribution in [2.45, 2.75) is 50.1 Å². The number of likely N-dealkylation sites (N-methyl/N-ethyl adjacent to an activating group) is 1. The minimum Gasteiger partial charge on any atom is -0.493 e. The Morgan fingerprint density at radius 1 is 1.09 bits per heavy atom. The highest BCUT2D eigenvalue weighted by atomic mass is 16.5. The number of ether oxygens (including phenoxy) is 2. The van der Waals surface area contributed by atoms with Gasteiger partial charge in [0.25, 0.3) is 0 Å². The van der Waals surface area contributed by atoms with Crippen LogP contribution in [0, 0.1) is 6.92 Å². The van der Waals surface area contributed by atoms with Gasteiger partial charge < -0.3 is 30.0 Å². The minimum atomic E-state index is -0.143. The van der Waals surface area contributed by atoms with Crippen molar-refractivity contribution in [3.8, 4) is 11.5 Å². The van der Waals surface area contributed by atoms with E-state index in [4.69, 9.17) is 9.47 Å². The summed E-state index contributed by atoms with van der Waals surface area (Å²) in [6, 6.07) is 14.7. The Balaban J connectivity index is 1.29. The second-order valence-electron chi connectivity index (χ2n) is 9.80. The Labute approximate surface area is 200 Å². The maximum absolute atomic E-state index is 12.8. The highest BCUT2D eigenvalue weighted by Gasteiger charge is 2.50. The third-order valence-corrected chi connectivity index (χ3v) is 7.83. The summed E-state index contributed by atoms with van der Waals surface area (Å²) < 4.78 is 11.0. The lowest BCUT2D eigenvalue weighted by Crippen LogP contribution is -2.52. The third-order valence-electron chi connectivity index (χ3n) is 7.83. The normalized spacial score (nSPS) is 24.6. The molecule has 7 nitrogen and oxygen atoms in total. The van der Waals surface area contributed by atoms with Gasteiger partial charge in [-0.15, -0.1) is 0 Å². The van der Waals surface area contributed by atoms with Gasteiger partial charge in [0.15, 0.2) is 11.5 Å². The lowest BCUT2D eigenvalue weighted by molar-refractivity contribution is 0.156. The summed E-state index contributed by atoms with van der Waals surface area (Å²) in [5.41, 5.74) is 4.36. The van der Waals surface area contributed by atoms with Crippen molar-refractivity contribution in [1.82, 2.24) is 15.2 Å². The van der Waals surface area contributed by atoms with E-state index >= 15 is 0 Å². The molecule has 1 aromatic heterocycles. The first-order valence-corrected chi connectivity index (χ1v) is 12.0. The zero-order valence-corrected chi connectivity index (χ0v) is 20.4. The molecule has 0 bridgehead atoms. The molecule has 2 heterocycles. The van der Waals surface area contributed by atoms with Crippen molar-refractivity contribution in [1.29, 1.82) is 0 Å². The number of amides is 2. The van der Waals surface area contributed by atoms with Crippen LogP contribution in [0.25, 0.3) is 10.9 Å². The molecule has 2 amide bonds. The molecule has 1 saturated heterocycles. The van der Waals surface area contributed by atoms with Gasteiger partial charge in [0.05, 0.1) is 14.2 Å². The van der Waals surface area contributed by atoms with Gasteiger partial charge in [-0.2, -0.15) is 0 Å². The molecule has 5 rings (SSSR count). The number of anilines is 1. The third kappa shape index (κ3) is 3.98. The molecular weight excluding hydrogens is 428 g/mol. The van der Waals surface area contributed by atoms with Gasteiger partial charge >= 0.3 is 6.03 Å². The van der Waals surface area contributed by atoms with Gasteiger partial charge in [0.2, 0.25) is 0 Å². The van der Waals surface area contributed by atoms with Crippen molar-refractivity contribution >= 4 is 22.6 Å². The fourth-order valence-corrected chi connectivity index (χ4v) is 6.10. The van der Waals surface area contributed by atoms with Crippen LogP contribution < -0.4 is 20.1 Å². The molecule has 180 valence electrons. The Morgan fingerprint density at radius 2 is 1.91 bits per heavy atom. The molecule has 3 atom stereocenters. The van der Waals surface area contributed by atoms with E-state index in [1.54, 1.807) is 14.2 Å². The predicted octanol–water partition coefficient (Wildman–Crippen LogP) is 4.81. The smallest absolute Gasteiger partial charge is 0.319 e. The Kier molecular flexibility index (Phi) is 5.90. The first-order valence-electron chi connectivity index (χ1n) is 12.0. The van der Waals surface area contributed by atoms with Crippen molar-refractivity contribution in [2.75, 3.05) is 33.1 Å². The average molecular weight is 463 g/mol. The molecule has 7 heteroatoms. The van der Waals surface area contributed by atoms with Gasteiger partial charge in [-0.1, -0.05) is 6.07 Å². The number of urea groups is 1. The maximum Gasteiger partial charge on any atom is 0.319 e. The number of nitrogens with zero attached hydrogens (tertiary/aromatic N) is 1. The SMILES string of the molecule is COc1ccc([C@@]23CC[C@@H](NC(=O)Nc4ccc5[nH]c(C)cc5c4)C[C@@H]2N(C)CC3)cc1OC. The summed E-state index contributed by atoms with van der Waals surface area (Å²) in [5.74, 6) is 1.53. The highest BCUT2D eigenvalue weighted by molar-refractivity contribution is 5.93. The molecule has 2 fully saturated rings. The summed E-state index contributed by atoms with van der Waals surface area (Å²) in [6.07, 6.45) is 4.01. The van der Waals surface area contributed by atoms with Crippen molar-refractivity contribution < 1.29 is 14.3 Å². The van der Waals surface area contributed by atoms with Crippen LogP contribution in [0.2, 0.25) is 0 Å². The quantitative estimate of drug-likeness (QED) is 0.509. The molecule has 3 aromatic rings. The van der Waals surface area contributed by atoms with Crippen LogP contribution in [0.5, 0.6) is 11.5 Å². The van der Waals surface area contributed by atoms with Crippen LogP contribution in [0.3, 0.4) is 0 Å². The number of hydrogen-bond donors (Lipinski definition) is 3. The number of aryl methyl sites for hydroxylation is 1. The number of benzene rings is 2. The second-order valence-corrected chi connectivity index (χ2v) is 9.80. The van der Waals surface area contributed by atoms with E-state index in [0.29, 0.717) is 6.04 Å². The standard InChI is InChI=1S/C27H34N4O3/c1-17-13-18-14-20(6-7-22(18)28-17)29-26(32)30-21-9-10-27(11-12-31(2)25(27)16-21)19-5-8-23(33-3)24(15-19)34-4/h5-8,13-15,21,25,28H,9-12,16H2,1-4H3,(H2,29,30,32)/t21-,25+,27+/m1/s1. The molecule has 0 radical (unpaired) electrons. The lowest BCUT2D eigenvalue weighted by atomic mass is 9.65. The van der Waals surface area contributed by atoms with E-state index in [9.17, 15) is 4.79 Å². The predicted molar refractivity (Wildman–Crippen MR) is 135 cm³/mol. The number of likely N-dealkylation sites (tertiary alicyclic amines) is 1. The average Bonchev–Trinajstić information content (AvgIpc) is 3.37. The molecule has 1 saturated carbocycles. The van der Waals surface area contributed by atoms with Crippen molar-refractivity contribution in [2.24, 2.45) is 0 Å². The van der Waals surface area contributed by atoms with Crippen LogP contribution in [0.4, 0.5) is 10.5 Å². The van der Waals surface area contributed by atoms with E-state index in [1.807, 2.05) is 31.2 Å². The van der Waals surface area contributed by atoms with Crippen molar-refractivity contribution in [3.05, 3.63) is 53.7 Å². The lowest BCUT2D eigenvalue weighted by Gasteiger charge is -2.45. The summed E-state index contributed by atoms with van der Waals surface area (Å²) >= 11 is 0. The number of aromatic nitrogens is 1. The number of methoxy groups -OCH3 is 2. The number of rotatable bonds is 5. The zero-order valence-electron chi connectivity index (χ0n) is 20.4. The van der Waals surface area contributed by atoms with Gasteiger partial charge in [-0.05, 0) is 88.2 Å². The number of H-pyrrole nitrogens is 1.